The van der Waals surface area contributed by atoms with Crippen LogP contribution in [-0.4, -0.2) is 17.9 Å². The molecule has 0 aliphatic carbocycles. The van der Waals surface area contributed by atoms with Crippen molar-refractivity contribution in [2.75, 3.05) is 0 Å². The van der Waals surface area contributed by atoms with E-state index in [1.165, 1.54) is 0 Å². The van der Waals surface area contributed by atoms with Gasteiger partial charge < -0.3 is 4.74 Å². The van der Waals surface area contributed by atoms with Gasteiger partial charge in [-0.05, 0) is 37.5 Å². The minimum absolute atomic E-state index is 0.202. The van der Waals surface area contributed by atoms with Crippen molar-refractivity contribution in [3.05, 3.63) is 28.7 Å². The van der Waals surface area contributed by atoms with Gasteiger partial charge in [-0.15, -0.1) is 0 Å². The standard InChI is InChI=1S/C15H21BrN2O3/c1-10(2)7-8-14(19)17-18-15(20)11(3)21-13-6-4-5-12(16)9-13/h4-6,9-11H,7-8H2,1-3H3,(H,17,19)(H,18,20). The molecule has 1 atom stereocenters. The lowest BCUT2D eigenvalue weighted by Gasteiger charge is -2.15. The summed E-state index contributed by atoms with van der Waals surface area (Å²) in [5, 5.41) is 0. The Labute approximate surface area is 133 Å². The topological polar surface area (TPSA) is 67.4 Å². The SMILES string of the molecule is CC(C)CCC(=O)NNC(=O)C(C)Oc1cccc(Br)c1. The summed E-state index contributed by atoms with van der Waals surface area (Å²) in [4.78, 5) is 23.3. The van der Waals surface area contributed by atoms with Crippen LogP contribution in [-0.2, 0) is 9.59 Å². The molecule has 21 heavy (non-hydrogen) atoms. The van der Waals surface area contributed by atoms with Crippen molar-refractivity contribution in [1.29, 1.82) is 0 Å². The van der Waals surface area contributed by atoms with Crippen LogP contribution in [0.5, 0.6) is 5.75 Å². The van der Waals surface area contributed by atoms with Gasteiger partial charge in [-0.3, -0.25) is 20.4 Å². The molecule has 0 saturated carbocycles. The quantitative estimate of drug-likeness (QED) is 0.770. The van der Waals surface area contributed by atoms with E-state index in [1.54, 1.807) is 19.1 Å². The molecule has 0 aliphatic heterocycles. The first-order valence-corrected chi connectivity index (χ1v) is 7.68. The molecule has 0 radical (unpaired) electrons. The van der Waals surface area contributed by atoms with Crippen molar-refractivity contribution in [2.24, 2.45) is 5.92 Å². The molecule has 1 unspecified atom stereocenters. The Kier molecular flexibility index (Phi) is 7.22. The first-order valence-electron chi connectivity index (χ1n) is 6.89. The van der Waals surface area contributed by atoms with Gasteiger partial charge in [-0.1, -0.05) is 35.8 Å². The lowest BCUT2D eigenvalue weighted by atomic mass is 10.1. The number of ether oxygens (including phenoxy) is 1. The molecule has 0 heterocycles. The molecule has 2 amide bonds. The molecule has 0 fully saturated rings. The van der Waals surface area contributed by atoms with Crippen LogP contribution in [0.2, 0.25) is 0 Å². The molecule has 6 heteroatoms. The number of amides is 2. The van der Waals surface area contributed by atoms with Crippen molar-refractivity contribution < 1.29 is 14.3 Å². The van der Waals surface area contributed by atoms with E-state index >= 15 is 0 Å². The maximum absolute atomic E-state index is 11.8. The highest BCUT2D eigenvalue weighted by Crippen LogP contribution is 2.18. The van der Waals surface area contributed by atoms with Gasteiger partial charge in [-0.25, -0.2) is 0 Å². The van der Waals surface area contributed by atoms with Gasteiger partial charge in [0.2, 0.25) is 5.91 Å². The van der Waals surface area contributed by atoms with E-state index in [-0.39, 0.29) is 5.91 Å². The number of hydrogen-bond donors (Lipinski definition) is 2. The number of nitrogens with one attached hydrogen (secondary N) is 2. The maximum Gasteiger partial charge on any atom is 0.279 e. The smallest absolute Gasteiger partial charge is 0.279 e. The Morgan fingerprint density at radius 2 is 1.95 bits per heavy atom. The van der Waals surface area contributed by atoms with Crippen LogP contribution in [0.3, 0.4) is 0 Å². The Balaban J connectivity index is 2.36. The van der Waals surface area contributed by atoms with Crippen LogP contribution in [0.25, 0.3) is 0 Å². The van der Waals surface area contributed by atoms with E-state index in [2.05, 4.69) is 26.8 Å². The lowest BCUT2D eigenvalue weighted by Crippen LogP contribution is -2.47. The highest BCUT2D eigenvalue weighted by molar-refractivity contribution is 9.10. The summed E-state index contributed by atoms with van der Waals surface area (Å²) in [6, 6.07) is 7.21. The summed E-state index contributed by atoms with van der Waals surface area (Å²) in [6.07, 6.45) is 0.467. The highest BCUT2D eigenvalue weighted by atomic mass is 79.9. The number of rotatable bonds is 6. The molecule has 1 rings (SSSR count). The minimum atomic E-state index is -0.704. The summed E-state index contributed by atoms with van der Waals surface area (Å²) < 4.78 is 6.36. The number of benzene rings is 1. The van der Waals surface area contributed by atoms with Gasteiger partial charge in [0.1, 0.15) is 5.75 Å². The molecule has 2 N–H and O–H groups in total. The average Bonchev–Trinajstić information content (AvgIpc) is 2.42. The summed E-state index contributed by atoms with van der Waals surface area (Å²) in [5.74, 6) is 0.433. The lowest BCUT2D eigenvalue weighted by molar-refractivity contribution is -0.132. The molecular formula is C15H21BrN2O3. The predicted molar refractivity (Wildman–Crippen MR) is 84.6 cm³/mol. The Morgan fingerprint density at radius 3 is 2.57 bits per heavy atom. The van der Waals surface area contributed by atoms with E-state index < -0.39 is 12.0 Å². The first-order chi connectivity index (χ1) is 9.88. The summed E-state index contributed by atoms with van der Waals surface area (Å²) in [6.45, 7) is 5.70. The monoisotopic (exact) mass is 356 g/mol. The van der Waals surface area contributed by atoms with E-state index in [1.807, 2.05) is 26.0 Å². The fraction of sp³-hybridized carbons (Fsp3) is 0.467. The molecule has 1 aromatic carbocycles. The molecule has 0 spiro atoms. The largest absolute Gasteiger partial charge is 0.481 e. The Bertz CT molecular complexity index is 492. The van der Waals surface area contributed by atoms with Gasteiger partial charge in [0.05, 0.1) is 0 Å². The van der Waals surface area contributed by atoms with Gasteiger partial charge in [0, 0.05) is 10.9 Å². The van der Waals surface area contributed by atoms with Crippen molar-refractivity contribution in [3.63, 3.8) is 0 Å². The molecule has 5 nitrogen and oxygen atoms in total. The third-order valence-corrected chi connectivity index (χ3v) is 3.25. The van der Waals surface area contributed by atoms with E-state index in [4.69, 9.17) is 4.74 Å². The summed E-state index contributed by atoms with van der Waals surface area (Å²) in [7, 11) is 0. The third-order valence-electron chi connectivity index (χ3n) is 2.75. The van der Waals surface area contributed by atoms with E-state index in [0.29, 0.717) is 18.1 Å². The van der Waals surface area contributed by atoms with Crippen molar-refractivity contribution in [2.45, 2.75) is 39.7 Å². The van der Waals surface area contributed by atoms with Gasteiger partial charge in [-0.2, -0.15) is 0 Å². The van der Waals surface area contributed by atoms with Crippen molar-refractivity contribution in [1.82, 2.24) is 10.9 Å². The predicted octanol–water partition coefficient (Wildman–Crippen LogP) is 2.80. The van der Waals surface area contributed by atoms with Gasteiger partial charge in [0.25, 0.3) is 5.91 Å². The molecule has 116 valence electrons. The number of hydrazine groups is 1. The van der Waals surface area contributed by atoms with Crippen LogP contribution in [0, 0.1) is 5.92 Å². The number of carbonyl (C=O) groups excluding carboxylic acids is 2. The van der Waals surface area contributed by atoms with Crippen LogP contribution in [0.15, 0.2) is 28.7 Å². The fourth-order valence-electron chi connectivity index (χ4n) is 1.51. The fourth-order valence-corrected chi connectivity index (χ4v) is 1.89. The second-order valence-corrected chi connectivity index (χ2v) is 6.10. The number of carbonyl (C=O) groups is 2. The average molecular weight is 357 g/mol. The maximum atomic E-state index is 11.8. The van der Waals surface area contributed by atoms with Crippen LogP contribution in [0.1, 0.15) is 33.6 Å². The third kappa shape index (κ3) is 7.13. The Morgan fingerprint density at radius 1 is 1.24 bits per heavy atom. The van der Waals surface area contributed by atoms with Crippen LogP contribution >= 0.6 is 15.9 Å². The van der Waals surface area contributed by atoms with E-state index in [9.17, 15) is 9.59 Å². The van der Waals surface area contributed by atoms with Crippen LogP contribution in [0.4, 0.5) is 0 Å². The molecule has 1 aromatic rings. The van der Waals surface area contributed by atoms with Gasteiger partial charge in [0.15, 0.2) is 6.10 Å². The number of hydrogen-bond acceptors (Lipinski definition) is 3. The summed E-state index contributed by atoms with van der Waals surface area (Å²) >= 11 is 3.33. The number of halogens is 1. The zero-order chi connectivity index (χ0) is 15.8. The summed E-state index contributed by atoms with van der Waals surface area (Å²) in [5.41, 5.74) is 4.75. The highest BCUT2D eigenvalue weighted by Gasteiger charge is 2.15. The second kappa shape index (κ2) is 8.67. The van der Waals surface area contributed by atoms with Gasteiger partial charge >= 0.3 is 0 Å². The minimum Gasteiger partial charge on any atom is -0.481 e. The zero-order valence-corrected chi connectivity index (χ0v) is 14.1. The first kappa shape index (κ1) is 17.5. The van der Waals surface area contributed by atoms with Crippen molar-refractivity contribution >= 4 is 27.7 Å². The molecular weight excluding hydrogens is 336 g/mol. The second-order valence-electron chi connectivity index (χ2n) is 5.19. The normalized spacial score (nSPS) is 11.9. The molecule has 0 aromatic heterocycles. The Hall–Kier alpha value is -1.56. The zero-order valence-electron chi connectivity index (χ0n) is 12.5. The molecule has 0 bridgehead atoms. The van der Waals surface area contributed by atoms with E-state index in [0.717, 1.165) is 10.9 Å². The molecule has 0 aliphatic rings. The van der Waals surface area contributed by atoms with Crippen LogP contribution < -0.4 is 15.6 Å². The molecule has 0 saturated heterocycles. The van der Waals surface area contributed by atoms with Crippen molar-refractivity contribution in [3.8, 4) is 5.75 Å².